The average Bonchev–Trinajstić information content (AvgIpc) is 3.32. The van der Waals surface area contributed by atoms with Crippen LogP contribution in [0.4, 0.5) is 0 Å². The number of benzene rings is 2. The zero-order valence-corrected chi connectivity index (χ0v) is 16.3. The molecule has 6 nitrogen and oxygen atoms in total. The molecule has 0 aliphatic rings. The van der Waals surface area contributed by atoms with Gasteiger partial charge in [-0.1, -0.05) is 28.4 Å². The number of rotatable bonds is 5. The van der Waals surface area contributed by atoms with Gasteiger partial charge in [-0.25, -0.2) is 0 Å². The molecule has 0 unspecified atom stereocenters. The molecule has 0 atom stereocenters. The van der Waals surface area contributed by atoms with Gasteiger partial charge in [-0.3, -0.25) is 4.79 Å². The van der Waals surface area contributed by atoms with Crippen LogP contribution in [0.2, 0.25) is 5.02 Å². The van der Waals surface area contributed by atoms with E-state index in [0.717, 1.165) is 16.6 Å². The Morgan fingerprint density at radius 3 is 2.75 bits per heavy atom. The van der Waals surface area contributed by atoms with Crippen LogP contribution in [-0.4, -0.2) is 39.5 Å². The lowest BCUT2D eigenvalue weighted by Gasteiger charge is -2.16. The van der Waals surface area contributed by atoms with Gasteiger partial charge in [-0.05, 0) is 49.4 Å². The van der Waals surface area contributed by atoms with Crippen molar-refractivity contribution in [3.63, 3.8) is 0 Å². The number of carbonyl (C=O) groups is 1. The predicted octanol–water partition coefficient (Wildman–Crippen LogP) is 4.49. The van der Waals surface area contributed by atoms with Gasteiger partial charge in [-0.2, -0.15) is 4.98 Å². The Labute approximate surface area is 167 Å². The largest absolute Gasteiger partial charge is 0.351 e. The van der Waals surface area contributed by atoms with Gasteiger partial charge in [0.1, 0.15) is 5.69 Å². The fourth-order valence-corrected chi connectivity index (χ4v) is 3.14. The number of halogens is 1. The van der Waals surface area contributed by atoms with Crippen LogP contribution in [0.3, 0.4) is 0 Å². The van der Waals surface area contributed by atoms with Crippen molar-refractivity contribution in [2.45, 2.75) is 13.3 Å². The van der Waals surface area contributed by atoms with Crippen LogP contribution >= 0.6 is 11.6 Å². The Morgan fingerprint density at radius 1 is 1.18 bits per heavy atom. The molecule has 1 N–H and O–H groups in total. The molecule has 4 aromatic rings. The molecule has 0 aliphatic carbocycles. The summed E-state index contributed by atoms with van der Waals surface area (Å²) in [5.74, 6) is 0.919. The minimum atomic E-state index is -0.0774. The minimum absolute atomic E-state index is 0.0774. The van der Waals surface area contributed by atoms with E-state index in [-0.39, 0.29) is 5.91 Å². The molecule has 4 rings (SSSR count). The van der Waals surface area contributed by atoms with Crippen molar-refractivity contribution >= 4 is 28.4 Å². The second kappa shape index (κ2) is 7.48. The first-order valence-corrected chi connectivity index (χ1v) is 9.31. The highest BCUT2D eigenvalue weighted by Crippen LogP contribution is 2.23. The number of likely N-dealkylation sites (N-methyl/N-ethyl adjacent to an activating group) is 1. The summed E-state index contributed by atoms with van der Waals surface area (Å²) in [5, 5.41) is 5.74. The van der Waals surface area contributed by atoms with Crippen molar-refractivity contribution in [2.75, 3.05) is 13.6 Å². The molecular formula is C21H19ClN4O2. The van der Waals surface area contributed by atoms with Gasteiger partial charge in [0.05, 0.1) is 0 Å². The van der Waals surface area contributed by atoms with E-state index < -0.39 is 0 Å². The Balaban J connectivity index is 1.42. The Hall–Kier alpha value is -3.12. The fourth-order valence-electron chi connectivity index (χ4n) is 3.01. The topological polar surface area (TPSA) is 75.0 Å². The summed E-state index contributed by atoms with van der Waals surface area (Å²) in [6.45, 7) is 2.53. The van der Waals surface area contributed by atoms with E-state index in [2.05, 4.69) is 34.2 Å². The lowest BCUT2D eigenvalue weighted by Crippen LogP contribution is -2.29. The number of nitrogens with one attached hydrogen (secondary N) is 1. The number of carbonyl (C=O) groups excluding carboxylic acids is 1. The number of H-pyrrole nitrogens is 1. The standard InChI is InChI=1S/C21H19ClN4O2/c1-13-3-8-17-15(11-13)12-18(23-17)20-24-19(25-28-20)9-10-26(2)21(27)14-4-6-16(22)7-5-14/h3-8,11-12,23H,9-10H2,1-2H3. The molecule has 0 aliphatic heterocycles. The summed E-state index contributed by atoms with van der Waals surface area (Å²) in [6, 6.07) is 15.0. The van der Waals surface area contributed by atoms with Crippen molar-refractivity contribution in [1.29, 1.82) is 0 Å². The molecular weight excluding hydrogens is 376 g/mol. The van der Waals surface area contributed by atoms with Crippen molar-refractivity contribution in [3.05, 3.63) is 70.5 Å². The number of aromatic amines is 1. The SMILES string of the molecule is Cc1ccc2[nH]c(-c3nc(CCN(C)C(=O)c4ccc(Cl)cc4)no3)cc2c1. The van der Waals surface area contributed by atoms with Crippen molar-refractivity contribution in [1.82, 2.24) is 20.0 Å². The first kappa shape index (κ1) is 18.3. The summed E-state index contributed by atoms with van der Waals surface area (Å²) >= 11 is 5.87. The number of aryl methyl sites for hydroxylation is 1. The Bertz CT molecular complexity index is 1130. The van der Waals surface area contributed by atoms with Gasteiger partial charge in [0, 0.05) is 41.5 Å². The number of fused-ring (bicyclic) bond motifs is 1. The van der Waals surface area contributed by atoms with Crippen LogP contribution in [0.25, 0.3) is 22.5 Å². The summed E-state index contributed by atoms with van der Waals surface area (Å²) < 4.78 is 5.39. The highest BCUT2D eigenvalue weighted by atomic mass is 35.5. The maximum Gasteiger partial charge on any atom is 0.274 e. The van der Waals surface area contributed by atoms with Gasteiger partial charge in [0.25, 0.3) is 11.8 Å². The minimum Gasteiger partial charge on any atom is -0.351 e. The van der Waals surface area contributed by atoms with Crippen LogP contribution < -0.4 is 0 Å². The Kier molecular flexibility index (Phi) is 4.88. The second-order valence-electron chi connectivity index (χ2n) is 6.77. The van der Waals surface area contributed by atoms with Gasteiger partial charge in [0.15, 0.2) is 5.82 Å². The number of nitrogens with zero attached hydrogens (tertiary/aromatic N) is 3. The van der Waals surface area contributed by atoms with Crippen molar-refractivity contribution in [2.24, 2.45) is 0 Å². The Morgan fingerprint density at radius 2 is 1.96 bits per heavy atom. The molecule has 2 aromatic heterocycles. The molecule has 0 radical (unpaired) electrons. The van der Waals surface area contributed by atoms with Crippen LogP contribution in [0.15, 0.2) is 53.1 Å². The van der Waals surface area contributed by atoms with E-state index in [1.54, 1.807) is 36.2 Å². The van der Waals surface area contributed by atoms with Gasteiger partial charge in [0.2, 0.25) is 0 Å². The maximum atomic E-state index is 12.4. The van der Waals surface area contributed by atoms with E-state index >= 15 is 0 Å². The molecule has 2 aromatic carbocycles. The third-order valence-electron chi connectivity index (χ3n) is 4.58. The zero-order valence-electron chi connectivity index (χ0n) is 15.6. The zero-order chi connectivity index (χ0) is 19.7. The van der Waals surface area contributed by atoms with E-state index in [0.29, 0.717) is 35.3 Å². The molecule has 0 bridgehead atoms. The second-order valence-corrected chi connectivity index (χ2v) is 7.21. The third kappa shape index (κ3) is 3.77. The van der Waals surface area contributed by atoms with E-state index in [4.69, 9.17) is 16.1 Å². The molecule has 1 amide bonds. The summed E-state index contributed by atoms with van der Waals surface area (Å²) in [6.07, 6.45) is 0.499. The molecule has 0 fully saturated rings. The first-order valence-electron chi connectivity index (χ1n) is 8.93. The molecule has 0 saturated heterocycles. The highest BCUT2D eigenvalue weighted by Gasteiger charge is 2.15. The molecule has 2 heterocycles. The molecule has 28 heavy (non-hydrogen) atoms. The smallest absolute Gasteiger partial charge is 0.274 e. The highest BCUT2D eigenvalue weighted by molar-refractivity contribution is 6.30. The number of aromatic nitrogens is 3. The van der Waals surface area contributed by atoms with Gasteiger partial charge < -0.3 is 14.4 Å². The molecule has 0 spiro atoms. The quantitative estimate of drug-likeness (QED) is 0.541. The van der Waals surface area contributed by atoms with Crippen LogP contribution in [0.1, 0.15) is 21.7 Å². The predicted molar refractivity (Wildman–Crippen MR) is 108 cm³/mol. The third-order valence-corrected chi connectivity index (χ3v) is 4.84. The van der Waals surface area contributed by atoms with Crippen molar-refractivity contribution < 1.29 is 9.32 Å². The molecule has 0 saturated carbocycles. The lowest BCUT2D eigenvalue weighted by atomic mass is 10.2. The normalized spacial score (nSPS) is 11.1. The lowest BCUT2D eigenvalue weighted by molar-refractivity contribution is 0.0796. The van der Waals surface area contributed by atoms with Crippen LogP contribution in [0.5, 0.6) is 0 Å². The van der Waals surface area contributed by atoms with Gasteiger partial charge >= 0.3 is 0 Å². The molecule has 142 valence electrons. The van der Waals surface area contributed by atoms with Gasteiger partial charge in [-0.15, -0.1) is 0 Å². The summed E-state index contributed by atoms with van der Waals surface area (Å²) in [5.41, 5.74) is 3.59. The summed E-state index contributed by atoms with van der Waals surface area (Å²) in [7, 11) is 1.75. The van der Waals surface area contributed by atoms with Crippen LogP contribution in [0, 0.1) is 6.92 Å². The fraction of sp³-hybridized carbons (Fsp3) is 0.190. The van der Waals surface area contributed by atoms with Crippen LogP contribution in [-0.2, 0) is 6.42 Å². The average molecular weight is 395 g/mol. The maximum absolute atomic E-state index is 12.4. The first-order chi connectivity index (χ1) is 13.5. The van der Waals surface area contributed by atoms with E-state index in [1.807, 2.05) is 12.1 Å². The van der Waals surface area contributed by atoms with E-state index in [1.165, 1.54) is 5.56 Å². The van der Waals surface area contributed by atoms with Crippen molar-refractivity contribution in [3.8, 4) is 11.6 Å². The number of amides is 1. The number of hydrogen-bond acceptors (Lipinski definition) is 4. The molecule has 7 heteroatoms. The van der Waals surface area contributed by atoms with E-state index in [9.17, 15) is 4.79 Å². The number of hydrogen-bond donors (Lipinski definition) is 1. The monoisotopic (exact) mass is 394 g/mol. The summed E-state index contributed by atoms with van der Waals surface area (Å²) in [4.78, 5) is 21.8.